The molecule has 1 aliphatic heterocycles. The lowest BCUT2D eigenvalue weighted by Crippen LogP contribution is -2.49. The third kappa shape index (κ3) is 4.67. The SMILES string of the molecule is CC(C)S(=O)(=O)c1ccc(CC(=O)N2CCN(c3nccn3C)CC2)cc1.Cl. The van der Waals surface area contributed by atoms with Crippen molar-refractivity contribution in [1.29, 1.82) is 0 Å². The third-order valence-electron chi connectivity index (χ3n) is 4.94. The van der Waals surface area contributed by atoms with Crippen LogP contribution < -0.4 is 4.90 Å². The second-order valence-electron chi connectivity index (χ2n) is 7.12. The summed E-state index contributed by atoms with van der Waals surface area (Å²) in [4.78, 5) is 21.3. The number of hydrogen-bond donors (Lipinski definition) is 0. The van der Waals surface area contributed by atoms with E-state index in [0.29, 0.717) is 18.0 Å². The fourth-order valence-corrected chi connectivity index (χ4v) is 4.23. The van der Waals surface area contributed by atoms with E-state index in [-0.39, 0.29) is 24.7 Å². The predicted molar refractivity (Wildman–Crippen MR) is 112 cm³/mol. The van der Waals surface area contributed by atoms with Gasteiger partial charge in [-0.25, -0.2) is 13.4 Å². The molecule has 0 spiro atoms. The Morgan fingerprint density at radius 3 is 2.21 bits per heavy atom. The van der Waals surface area contributed by atoms with E-state index >= 15 is 0 Å². The number of imidazole rings is 1. The molecule has 2 heterocycles. The second kappa shape index (κ2) is 8.96. The number of carbonyl (C=O) groups is 1. The maximum absolute atomic E-state index is 12.6. The number of halogens is 1. The van der Waals surface area contributed by atoms with E-state index in [2.05, 4.69) is 9.88 Å². The highest BCUT2D eigenvalue weighted by atomic mass is 35.5. The number of carbonyl (C=O) groups excluding carboxylic acids is 1. The molecule has 0 bridgehead atoms. The molecule has 0 N–H and O–H groups in total. The number of anilines is 1. The fourth-order valence-electron chi connectivity index (χ4n) is 3.17. The van der Waals surface area contributed by atoms with Gasteiger partial charge in [0.15, 0.2) is 9.84 Å². The van der Waals surface area contributed by atoms with Crippen LogP contribution in [-0.4, -0.2) is 60.2 Å². The lowest BCUT2D eigenvalue weighted by molar-refractivity contribution is -0.130. The van der Waals surface area contributed by atoms with Gasteiger partial charge in [0.1, 0.15) is 0 Å². The smallest absolute Gasteiger partial charge is 0.227 e. The number of hydrogen-bond acceptors (Lipinski definition) is 5. The zero-order chi connectivity index (χ0) is 19.6. The molecule has 1 fully saturated rings. The van der Waals surface area contributed by atoms with Crippen LogP contribution in [-0.2, 0) is 28.1 Å². The Balaban J connectivity index is 0.00000280. The molecule has 2 aromatic rings. The van der Waals surface area contributed by atoms with Crippen molar-refractivity contribution in [1.82, 2.24) is 14.5 Å². The predicted octanol–water partition coefficient (Wildman–Crippen LogP) is 1.92. The van der Waals surface area contributed by atoms with Crippen molar-refractivity contribution in [2.75, 3.05) is 31.1 Å². The first-order valence-electron chi connectivity index (χ1n) is 9.12. The van der Waals surface area contributed by atoms with Gasteiger partial charge in [0.25, 0.3) is 0 Å². The van der Waals surface area contributed by atoms with Crippen molar-refractivity contribution < 1.29 is 13.2 Å². The molecule has 0 atom stereocenters. The monoisotopic (exact) mass is 426 g/mol. The van der Waals surface area contributed by atoms with E-state index in [9.17, 15) is 13.2 Å². The van der Waals surface area contributed by atoms with Gasteiger partial charge >= 0.3 is 0 Å². The fraction of sp³-hybridized carbons (Fsp3) is 0.474. The van der Waals surface area contributed by atoms with Crippen molar-refractivity contribution in [2.24, 2.45) is 7.05 Å². The summed E-state index contributed by atoms with van der Waals surface area (Å²) in [6.45, 7) is 6.15. The third-order valence-corrected chi connectivity index (χ3v) is 7.11. The van der Waals surface area contributed by atoms with E-state index in [1.54, 1.807) is 44.3 Å². The number of aryl methyl sites for hydroxylation is 1. The van der Waals surface area contributed by atoms with Crippen LogP contribution in [0.15, 0.2) is 41.6 Å². The van der Waals surface area contributed by atoms with Gasteiger partial charge in [-0.2, -0.15) is 0 Å². The van der Waals surface area contributed by atoms with E-state index in [4.69, 9.17) is 0 Å². The molecule has 0 radical (unpaired) electrons. The summed E-state index contributed by atoms with van der Waals surface area (Å²) >= 11 is 0. The summed E-state index contributed by atoms with van der Waals surface area (Å²) in [6.07, 6.45) is 3.97. The first kappa shape index (κ1) is 22.2. The van der Waals surface area contributed by atoms with Crippen LogP contribution in [0.5, 0.6) is 0 Å². The van der Waals surface area contributed by atoms with Gasteiger partial charge in [0.2, 0.25) is 11.9 Å². The summed E-state index contributed by atoms with van der Waals surface area (Å²) in [5.41, 5.74) is 0.828. The summed E-state index contributed by atoms with van der Waals surface area (Å²) in [7, 11) is -1.32. The summed E-state index contributed by atoms with van der Waals surface area (Å²) in [5, 5.41) is -0.458. The zero-order valence-electron chi connectivity index (χ0n) is 16.4. The number of benzene rings is 1. The minimum Gasteiger partial charge on any atom is -0.339 e. The average molecular weight is 427 g/mol. The van der Waals surface area contributed by atoms with Gasteiger partial charge in [-0.3, -0.25) is 4.79 Å². The highest BCUT2D eigenvalue weighted by Crippen LogP contribution is 2.18. The number of rotatable bonds is 5. The van der Waals surface area contributed by atoms with Crippen LogP contribution in [0.2, 0.25) is 0 Å². The average Bonchev–Trinajstić information content (AvgIpc) is 3.08. The van der Waals surface area contributed by atoms with Crippen molar-refractivity contribution >= 4 is 34.1 Å². The lowest BCUT2D eigenvalue weighted by Gasteiger charge is -2.35. The Labute approximate surface area is 172 Å². The zero-order valence-corrected chi connectivity index (χ0v) is 18.0. The molecule has 1 saturated heterocycles. The standard InChI is InChI=1S/C19H26N4O3S.ClH/c1-15(2)27(25,26)17-6-4-16(5-7-17)14-18(24)22-10-12-23(13-11-22)19-20-8-9-21(19)3;/h4-9,15H,10-14H2,1-3H3;1H. The molecule has 0 unspecified atom stereocenters. The Morgan fingerprint density at radius 2 is 1.71 bits per heavy atom. The molecule has 1 aromatic carbocycles. The van der Waals surface area contributed by atoms with Crippen LogP contribution in [0, 0.1) is 0 Å². The molecule has 3 rings (SSSR count). The molecule has 7 nitrogen and oxygen atoms in total. The first-order chi connectivity index (χ1) is 12.8. The molecule has 1 amide bonds. The van der Waals surface area contributed by atoms with Crippen LogP contribution in [0.4, 0.5) is 5.95 Å². The number of piperazine rings is 1. The summed E-state index contributed by atoms with van der Waals surface area (Å²) in [6, 6.07) is 6.66. The van der Waals surface area contributed by atoms with Crippen LogP contribution in [0.25, 0.3) is 0 Å². The molecule has 1 aromatic heterocycles. The van der Waals surface area contributed by atoms with Crippen molar-refractivity contribution in [2.45, 2.75) is 30.4 Å². The lowest BCUT2D eigenvalue weighted by atomic mass is 10.1. The summed E-state index contributed by atoms with van der Waals surface area (Å²) in [5.74, 6) is 0.984. The Kier molecular flexibility index (Phi) is 7.11. The highest BCUT2D eigenvalue weighted by molar-refractivity contribution is 7.92. The maximum Gasteiger partial charge on any atom is 0.227 e. The van der Waals surface area contributed by atoms with Crippen molar-refractivity contribution in [3.8, 4) is 0 Å². The molecule has 28 heavy (non-hydrogen) atoms. The van der Waals surface area contributed by atoms with Gasteiger partial charge in [0, 0.05) is 45.6 Å². The van der Waals surface area contributed by atoms with Crippen molar-refractivity contribution in [3.05, 3.63) is 42.2 Å². The Hall–Kier alpha value is -2.06. The summed E-state index contributed by atoms with van der Waals surface area (Å²) < 4.78 is 26.3. The molecular formula is C19H27ClN4O3S. The van der Waals surface area contributed by atoms with Gasteiger partial charge in [-0.15, -0.1) is 12.4 Å². The van der Waals surface area contributed by atoms with Gasteiger partial charge < -0.3 is 14.4 Å². The van der Waals surface area contributed by atoms with E-state index in [0.717, 1.165) is 24.6 Å². The molecule has 9 heteroatoms. The number of nitrogens with zero attached hydrogens (tertiary/aromatic N) is 4. The first-order valence-corrected chi connectivity index (χ1v) is 10.7. The maximum atomic E-state index is 12.6. The van der Waals surface area contributed by atoms with Crippen LogP contribution >= 0.6 is 12.4 Å². The highest BCUT2D eigenvalue weighted by Gasteiger charge is 2.23. The number of aromatic nitrogens is 2. The van der Waals surface area contributed by atoms with Crippen LogP contribution in [0.1, 0.15) is 19.4 Å². The normalized spacial score (nSPS) is 14.9. The Morgan fingerprint density at radius 1 is 1.11 bits per heavy atom. The molecule has 0 saturated carbocycles. The minimum absolute atomic E-state index is 0. The topological polar surface area (TPSA) is 75.5 Å². The number of sulfone groups is 1. The molecule has 1 aliphatic rings. The number of amides is 1. The van der Waals surface area contributed by atoms with Gasteiger partial charge in [-0.1, -0.05) is 12.1 Å². The van der Waals surface area contributed by atoms with E-state index < -0.39 is 15.1 Å². The van der Waals surface area contributed by atoms with E-state index in [1.807, 2.05) is 22.7 Å². The van der Waals surface area contributed by atoms with Gasteiger partial charge in [0.05, 0.1) is 16.6 Å². The molecule has 0 aliphatic carbocycles. The molecular weight excluding hydrogens is 400 g/mol. The Bertz CT molecular complexity index is 902. The van der Waals surface area contributed by atoms with Gasteiger partial charge in [-0.05, 0) is 31.5 Å². The van der Waals surface area contributed by atoms with E-state index in [1.165, 1.54) is 0 Å². The minimum atomic E-state index is -3.28. The largest absolute Gasteiger partial charge is 0.339 e. The van der Waals surface area contributed by atoms with Crippen LogP contribution in [0.3, 0.4) is 0 Å². The molecule has 154 valence electrons. The quantitative estimate of drug-likeness (QED) is 0.730. The van der Waals surface area contributed by atoms with Crippen molar-refractivity contribution in [3.63, 3.8) is 0 Å². The second-order valence-corrected chi connectivity index (χ2v) is 9.62.